The van der Waals surface area contributed by atoms with Crippen LogP contribution in [0.5, 0.6) is 0 Å². The molecule has 1 atom stereocenters. The molecule has 0 spiro atoms. The Morgan fingerprint density at radius 3 is 2.58 bits per heavy atom. The highest BCUT2D eigenvalue weighted by Gasteiger charge is 2.22. The minimum Gasteiger partial charge on any atom is -0.465 e. The van der Waals surface area contributed by atoms with Gasteiger partial charge in [-0.15, -0.1) is 11.3 Å². The molecule has 0 bridgehead atoms. The van der Waals surface area contributed by atoms with Crippen LogP contribution in [0.2, 0.25) is 0 Å². The summed E-state index contributed by atoms with van der Waals surface area (Å²) >= 11 is 6.94. The molecule has 2 N–H and O–H groups in total. The molecule has 2 rings (SSSR count). The van der Waals surface area contributed by atoms with E-state index in [1.165, 1.54) is 18.4 Å². The number of hydrogen-bond acceptors (Lipinski definition) is 4. The van der Waals surface area contributed by atoms with Crippen LogP contribution in [0.25, 0.3) is 0 Å². The van der Waals surface area contributed by atoms with Gasteiger partial charge in [0.1, 0.15) is 5.00 Å². The SMILES string of the molecule is CCc1c(C)sc(NC(=S)NC(C)c2ccccc2)c1C(=O)OC. The van der Waals surface area contributed by atoms with E-state index in [2.05, 4.69) is 10.6 Å². The first-order valence-corrected chi connectivity index (χ1v) is 9.03. The van der Waals surface area contributed by atoms with Gasteiger partial charge in [-0.3, -0.25) is 0 Å². The number of carbonyl (C=O) groups excluding carboxylic acids is 1. The summed E-state index contributed by atoms with van der Waals surface area (Å²) < 4.78 is 4.93. The Kier molecular flexibility index (Phi) is 6.34. The number of carbonyl (C=O) groups is 1. The Morgan fingerprint density at radius 1 is 1.33 bits per heavy atom. The number of hydrogen-bond donors (Lipinski definition) is 2. The largest absolute Gasteiger partial charge is 0.465 e. The minimum absolute atomic E-state index is 0.0690. The summed E-state index contributed by atoms with van der Waals surface area (Å²) in [6.07, 6.45) is 0.773. The molecule has 2 aromatic rings. The van der Waals surface area contributed by atoms with Gasteiger partial charge < -0.3 is 15.4 Å². The van der Waals surface area contributed by atoms with Gasteiger partial charge >= 0.3 is 5.97 Å². The zero-order valence-electron chi connectivity index (χ0n) is 14.3. The van der Waals surface area contributed by atoms with Crippen LogP contribution in [0.1, 0.15) is 46.3 Å². The van der Waals surface area contributed by atoms with Crippen molar-refractivity contribution in [2.75, 3.05) is 12.4 Å². The second-order valence-electron chi connectivity index (χ2n) is 5.42. The van der Waals surface area contributed by atoms with E-state index >= 15 is 0 Å². The number of methoxy groups -OCH3 is 1. The van der Waals surface area contributed by atoms with Crippen molar-refractivity contribution < 1.29 is 9.53 Å². The molecule has 1 unspecified atom stereocenters. The predicted molar refractivity (Wildman–Crippen MR) is 104 cm³/mol. The van der Waals surface area contributed by atoms with Gasteiger partial charge in [-0.2, -0.15) is 0 Å². The Labute approximate surface area is 152 Å². The quantitative estimate of drug-likeness (QED) is 0.608. The number of ether oxygens (including phenoxy) is 1. The van der Waals surface area contributed by atoms with Crippen LogP contribution in [0.15, 0.2) is 30.3 Å². The van der Waals surface area contributed by atoms with Crippen LogP contribution in [0.4, 0.5) is 5.00 Å². The molecule has 4 nitrogen and oxygen atoms in total. The topological polar surface area (TPSA) is 50.4 Å². The van der Waals surface area contributed by atoms with Gasteiger partial charge in [0.2, 0.25) is 0 Å². The van der Waals surface area contributed by atoms with E-state index < -0.39 is 0 Å². The molecule has 0 amide bonds. The summed E-state index contributed by atoms with van der Waals surface area (Å²) in [5.74, 6) is -0.336. The van der Waals surface area contributed by atoms with Crippen molar-refractivity contribution in [1.29, 1.82) is 0 Å². The lowest BCUT2D eigenvalue weighted by atomic mass is 10.1. The third-order valence-electron chi connectivity index (χ3n) is 3.83. The van der Waals surface area contributed by atoms with E-state index in [1.54, 1.807) is 0 Å². The average Bonchev–Trinajstić information content (AvgIpc) is 2.89. The molecule has 0 saturated carbocycles. The molecule has 0 aliphatic rings. The van der Waals surface area contributed by atoms with Crippen LogP contribution in [-0.2, 0) is 11.2 Å². The summed E-state index contributed by atoms with van der Waals surface area (Å²) in [6.45, 7) is 6.07. The van der Waals surface area contributed by atoms with Crippen molar-refractivity contribution >= 4 is 39.6 Å². The molecule has 0 radical (unpaired) electrons. The number of esters is 1. The predicted octanol–water partition coefficient (Wildman–Crippen LogP) is 4.45. The van der Waals surface area contributed by atoms with Crippen molar-refractivity contribution in [1.82, 2.24) is 5.32 Å². The third-order valence-corrected chi connectivity index (χ3v) is 5.11. The van der Waals surface area contributed by atoms with Gasteiger partial charge in [-0.25, -0.2) is 4.79 Å². The molecule has 0 saturated heterocycles. The molecular weight excluding hydrogens is 340 g/mol. The van der Waals surface area contributed by atoms with Crippen molar-refractivity contribution in [3.05, 3.63) is 51.9 Å². The number of anilines is 1. The van der Waals surface area contributed by atoms with Gasteiger partial charge in [-0.1, -0.05) is 37.3 Å². The lowest BCUT2D eigenvalue weighted by molar-refractivity contribution is 0.0601. The van der Waals surface area contributed by atoms with Crippen LogP contribution >= 0.6 is 23.6 Å². The third kappa shape index (κ3) is 4.13. The normalized spacial score (nSPS) is 11.7. The number of aryl methyl sites for hydroxylation is 1. The Morgan fingerprint density at radius 2 is 2.00 bits per heavy atom. The minimum atomic E-state index is -0.336. The smallest absolute Gasteiger partial charge is 0.341 e. The molecular formula is C18H22N2O2S2. The van der Waals surface area contributed by atoms with Gasteiger partial charge in [0, 0.05) is 4.88 Å². The zero-order valence-corrected chi connectivity index (χ0v) is 15.9. The maximum Gasteiger partial charge on any atom is 0.341 e. The van der Waals surface area contributed by atoms with E-state index in [4.69, 9.17) is 17.0 Å². The Balaban J connectivity index is 2.16. The molecule has 0 aliphatic carbocycles. The fourth-order valence-corrected chi connectivity index (χ4v) is 4.05. The summed E-state index contributed by atoms with van der Waals surface area (Å²) in [5.41, 5.74) is 2.73. The van der Waals surface area contributed by atoms with E-state index in [-0.39, 0.29) is 12.0 Å². The first-order chi connectivity index (χ1) is 11.5. The van der Waals surface area contributed by atoms with Crippen LogP contribution in [-0.4, -0.2) is 18.2 Å². The summed E-state index contributed by atoms with van der Waals surface area (Å²) in [4.78, 5) is 13.2. The standard InChI is InChI=1S/C18H22N2O2S2/c1-5-14-12(3)24-16(15(14)17(21)22-4)20-18(23)19-11(2)13-9-7-6-8-10-13/h6-11H,5H2,1-4H3,(H2,19,20,23). The first kappa shape index (κ1) is 18.4. The van der Waals surface area contributed by atoms with E-state index in [0.29, 0.717) is 10.7 Å². The molecule has 0 fully saturated rings. The number of rotatable bonds is 5. The van der Waals surface area contributed by atoms with Crippen molar-refractivity contribution in [2.45, 2.75) is 33.2 Å². The van der Waals surface area contributed by atoms with E-state index in [0.717, 1.165) is 27.4 Å². The monoisotopic (exact) mass is 362 g/mol. The zero-order chi connectivity index (χ0) is 17.7. The fraction of sp³-hybridized carbons (Fsp3) is 0.333. The van der Waals surface area contributed by atoms with Crippen LogP contribution in [0.3, 0.4) is 0 Å². The highest BCUT2D eigenvalue weighted by molar-refractivity contribution is 7.80. The van der Waals surface area contributed by atoms with Crippen molar-refractivity contribution in [3.8, 4) is 0 Å². The molecule has 6 heteroatoms. The van der Waals surface area contributed by atoms with Gasteiger partial charge in [0.25, 0.3) is 0 Å². The molecule has 0 aliphatic heterocycles. The highest BCUT2D eigenvalue weighted by atomic mass is 32.1. The maximum absolute atomic E-state index is 12.1. The van der Waals surface area contributed by atoms with E-state index in [1.807, 2.05) is 51.1 Å². The lowest BCUT2D eigenvalue weighted by Crippen LogP contribution is -2.31. The summed E-state index contributed by atoms with van der Waals surface area (Å²) in [5, 5.41) is 7.63. The lowest BCUT2D eigenvalue weighted by Gasteiger charge is -2.17. The maximum atomic E-state index is 12.1. The summed E-state index contributed by atoms with van der Waals surface area (Å²) in [7, 11) is 1.40. The van der Waals surface area contributed by atoms with Crippen LogP contribution in [0, 0.1) is 6.92 Å². The van der Waals surface area contributed by atoms with Crippen molar-refractivity contribution in [3.63, 3.8) is 0 Å². The molecule has 1 aromatic carbocycles. The molecule has 24 heavy (non-hydrogen) atoms. The number of nitrogens with one attached hydrogen (secondary N) is 2. The molecule has 128 valence electrons. The number of thiocarbonyl (C=S) groups is 1. The number of benzene rings is 1. The fourth-order valence-electron chi connectivity index (χ4n) is 2.57. The Bertz CT molecular complexity index is 726. The Hall–Kier alpha value is -1.92. The first-order valence-electron chi connectivity index (χ1n) is 7.80. The van der Waals surface area contributed by atoms with Crippen molar-refractivity contribution in [2.24, 2.45) is 0 Å². The number of thiophene rings is 1. The highest BCUT2D eigenvalue weighted by Crippen LogP contribution is 2.34. The molecule has 1 aromatic heterocycles. The van der Waals surface area contributed by atoms with Gasteiger partial charge in [-0.05, 0) is 43.6 Å². The average molecular weight is 363 g/mol. The molecule has 1 heterocycles. The van der Waals surface area contributed by atoms with Gasteiger partial charge in [0.15, 0.2) is 5.11 Å². The van der Waals surface area contributed by atoms with Gasteiger partial charge in [0.05, 0.1) is 18.7 Å². The second kappa shape index (κ2) is 8.26. The second-order valence-corrected chi connectivity index (χ2v) is 7.05. The van der Waals surface area contributed by atoms with Crippen LogP contribution < -0.4 is 10.6 Å². The van der Waals surface area contributed by atoms with E-state index in [9.17, 15) is 4.79 Å². The summed E-state index contributed by atoms with van der Waals surface area (Å²) in [6, 6.07) is 10.1.